The fourth-order valence-electron chi connectivity index (χ4n) is 2.22. The van der Waals surface area contributed by atoms with Crippen LogP contribution in [0, 0.1) is 0 Å². The van der Waals surface area contributed by atoms with E-state index in [-0.39, 0.29) is 18.7 Å². The number of aliphatic hydroxyl groups is 1. The molecule has 0 saturated heterocycles. The molecular weight excluding hydrogens is 296 g/mol. The fraction of sp³-hybridized carbons (Fsp3) is 0.706. The van der Waals surface area contributed by atoms with Crippen molar-refractivity contribution >= 4 is 14.0 Å². The lowest BCUT2D eigenvalue weighted by atomic mass is 9.99. The summed E-state index contributed by atoms with van der Waals surface area (Å²) in [6.07, 6.45) is 1.98. The highest BCUT2D eigenvalue weighted by atomic mass is 28.3. The maximum absolute atomic E-state index is 11.8. The standard InChI is InChI=1S/C17H32O4Si/c1-8-21-17(19)10-15(12-22(5,6)7)16(20-4)9-14(11-18)13(2)3/h10,16,18H,8-9,11-12H2,1-7H3/b15-10+/t16-/m0/s1. The summed E-state index contributed by atoms with van der Waals surface area (Å²) in [7, 11) is 0.235. The number of hydrogen-bond donors (Lipinski definition) is 1. The Morgan fingerprint density at radius 3 is 2.23 bits per heavy atom. The first-order valence-electron chi connectivity index (χ1n) is 7.80. The maximum Gasteiger partial charge on any atom is 0.330 e. The van der Waals surface area contributed by atoms with Crippen LogP contribution in [0.5, 0.6) is 0 Å². The van der Waals surface area contributed by atoms with Gasteiger partial charge in [0.2, 0.25) is 0 Å². The largest absolute Gasteiger partial charge is 0.463 e. The van der Waals surface area contributed by atoms with Crippen LogP contribution in [0.4, 0.5) is 0 Å². The number of methoxy groups -OCH3 is 1. The van der Waals surface area contributed by atoms with Gasteiger partial charge in [-0.3, -0.25) is 0 Å². The number of ether oxygens (including phenoxy) is 2. The molecule has 22 heavy (non-hydrogen) atoms. The van der Waals surface area contributed by atoms with Crippen LogP contribution in [0.2, 0.25) is 25.7 Å². The van der Waals surface area contributed by atoms with Crippen molar-refractivity contribution in [2.75, 3.05) is 20.3 Å². The lowest BCUT2D eigenvalue weighted by Crippen LogP contribution is -2.27. The van der Waals surface area contributed by atoms with E-state index < -0.39 is 8.07 Å². The summed E-state index contributed by atoms with van der Waals surface area (Å²) in [5.41, 5.74) is 3.01. The number of rotatable bonds is 9. The van der Waals surface area contributed by atoms with E-state index in [4.69, 9.17) is 9.47 Å². The van der Waals surface area contributed by atoms with Gasteiger partial charge in [0, 0.05) is 27.7 Å². The molecule has 128 valence electrons. The average Bonchev–Trinajstić information content (AvgIpc) is 2.37. The van der Waals surface area contributed by atoms with Gasteiger partial charge in [-0.25, -0.2) is 4.79 Å². The molecule has 0 bridgehead atoms. The van der Waals surface area contributed by atoms with Crippen molar-refractivity contribution in [3.63, 3.8) is 0 Å². The number of allylic oxidation sites excluding steroid dienone is 1. The summed E-state index contributed by atoms with van der Waals surface area (Å²) in [5, 5.41) is 9.51. The molecule has 1 atom stereocenters. The van der Waals surface area contributed by atoms with Crippen molar-refractivity contribution in [2.24, 2.45) is 0 Å². The van der Waals surface area contributed by atoms with Crippen molar-refractivity contribution in [1.29, 1.82) is 0 Å². The molecule has 0 radical (unpaired) electrons. The molecule has 0 saturated carbocycles. The highest BCUT2D eigenvalue weighted by molar-refractivity contribution is 6.76. The Hall–Kier alpha value is -0.913. The van der Waals surface area contributed by atoms with Crippen LogP contribution in [0.1, 0.15) is 27.2 Å². The molecule has 0 rings (SSSR count). The first kappa shape index (κ1) is 21.1. The third-order valence-electron chi connectivity index (χ3n) is 3.35. The molecule has 0 spiro atoms. The second-order valence-corrected chi connectivity index (χ2v) is 12.4. The highest BCUT2D eigenvalue weighted by Crippen LogP contribution is 2.26. The minimum Gasteiger partial charge on any atom is -0.463 e. The van der Waals surface area contributed by atoms with Crippen LogP contribution in [-0.4, -0.2) is 45.6 Å². The quantitative estimate of drug-likeness (QED) is 0.304. The van der Waals surface area contributed by atoms with Gasteiger partial charge in [0.1, 0.15) is 0 Å². The first-order chi connectivity index (χ1) is 10.1. The molecule has 0 amide bonds. The molecule has 0 aromatic rings. The van der Waals surface area contributed by atoms with E-state index in [0.29, 0.717) is 13.0 Å². The van der Waals surface area contributed by atoms with E-state index in [2.05, 4.69) is 19.6 Å². The molecule has 0 aliphatic heterocycles. The predicted octanol–water partition coefficient (Wildman–Crippen LogP) is 3.55. The topological polar surface area (TPSA) is 55.8 Å². The van der Waals surface area contributed by atoms with Gasteiger partial charge in [-0.15, -0.1) is 0 Å². The second-order valence-electron chi connectivity index (χ2n) is 6.90. The SMILES string of the molecule is CCOC(=O)/C=C(\C[Si](C)(C)C)[C@H](CC(CO)=C(C)C)OC. The molecule has 0 unspecified atom stereocenters. The fourth-order valence-corrected chi connectivity index (χ4v) is 3.78. The number of hydrogen-bond acceptors (Lipinski definition) is 4. The Morgan fingerprint density at radius 2 is 1.86 bits per heavy atom. The van der Waals surface area contributed by atoms with Gasteiger partial charge in [0.05, 0.1) is 19.3 Å². The lowest BCUT2D eigenvalue weighted by molar-refractivity contribution is -0.137. The summed E-state index contributed by atoms with van der Waals surface area (Å²) in [6, 6.07) is 0.867. The van der Waals surface area contributed by atoms with E-state index in [1.54, 1.807) is 20.1 Å². The average molecular weight is 329 g/mol. The number of esters is 1. The van der Waals surface area contributed by atoms with Gasteiger partial charge in [0.15, 0.2) is 0 Å². The molecule has 0 aliphatic rings. The monoisotopic (exact) mass is 328 g/mol. The summed E-state index contributed by atoms with van der Waals surface area (Å²) in [4.78, 5) is 11.8. The van der Waals surface area contributed by atoms with E-state index in [1.807, 2.05) is 13.8 Å². The summed E-state index contributed by atoms with van der Waals surface area (Å²) < 4.78 is 10.7. The van der Waals surface area contributed by atoms with Crippen molar-refractivity contribution in [1.82, 2.24) is 0 Å². The molecule has 0 fully saturated rings. The third-order valence-corrected chi connectivity index (χ3v) is 4.82. The molecule has 4 nitrogen and oxygen atoms in total. The minimum absolute atomic E-state index is 0.0157. The Balaban J connectivity index is 5.42. The smallest absolute Gasteiger partial charge is 0.330 e. The third kappa shape index (κ3) is 8.51. The molecule has 5 heteroatoms. The van der Waals surface area contributed by atoms with E-state index in [0.717, 1.165) is 22.8 Å². The minimum atomic E-state index is -1.41. The molecule has 0 aliphatic carbocycles. The number of aliphatic hydroxyl groups excluding tert-OH is 1. The second kappa shape index (κ2) is 9.97. The Morgan fingerprint density at radius 1 is 1.27 bits per heavy atom. The Bertz CT molecular complexity index is 415. The lowest BCUT2D eigenvalue weighted by Gasteiger charge is -2.25. The van der Waals surface area contributed by atoms with Crippen molar-refractivity contribution in [2.45, 2.75) is 59.0 Å². The zero-order valence-electron chi connectivity index (χ0n) is 15.2. The summed E-state index contributed by atoms with van der Waals surface area (Å²) >= 11 is 0. The van der Waals surface area contributed by atoms with Crippen molar-refractivity contribution in [3.8, 4) is 0 Å². The zero-order valence-corrected chi connectivity index (χ0v) is 16.2. The van der Waals surface area contributed by atoms with Crippen LogP contribution in [0.3, 0.4) is 0 Å². The Kier molecular flexibility index (Phi) is 9.56. The highest BCUT2D eigenvalue weighted by Gasteiger charge is 2.24. The predicted molar refractivity (Wildman–Crippen MR) is 93.7 cm³/mol. The van der Waals surface area contributed by atoms with E-state index in [1.165, 1.54) is 0 Å². The molecule has 0 aromatic heterocycles. The van der Waals surface area contributed by atoms with Crippen LogP contribution in [0.25, 0.3) is 0 Å². The van der Waals surface area contributed by atoms with Crippen LogP contribution in [0.15, 0.2) is 22.8 Å². The van der Waals surface area contributed by atoms with Crippen LogP contribution < -0.4 is 0 Å². The van der Waals surface area contributed by atoms with E-state index >= 15 is 0 Å². The van der Waals surface area contributed by atoms with Crippen molar-refractivity contribution < 1.29 is 19.4 Å². The molecule has 0 aromatic carbocycles. The summed E-state index contributed by atoms with van der Waals surface area (Å²) in [6.45, 7) is 12.9. The summed E-state index contributed by atoms with van der Waals surface area (Å²) in [5.74, 6) is -0.319. The van der Waals surface area contributed by atoms with Gasteiger partial charge in [-0.05, 0) is 38.0 Å². The molecule has 0 heterocycles. The first-order valence-corrected chi connectivity index (χ1v) is 11.5. The maximum atomic E-state index is 11.8. The van der Waals surface area contributed by atoms with Crippen LogP contribution >= 0.6 is 0 Å². The normalized spacial score (nSPS) is 13.7. The van der Waals surface area contributed by atoms with Gasteiger partial charge in [0.25, 0.3) is 0 Å². The van der Waals surface area contributed by atoms with Gasteiger partial charge in [-0.1, -0.05) is 25.2 Å². The van der Waals surface area contributed by atoms with Gasteiger partial charge < -0.3 is 14.6 Å². The number of carbonyl (C=O) groups is 1. The van der Waals surface area contributed by atoms with Gasteiger partial charge in [-0.2, -0.15) is 0 Å². The van der Waals surface area contributed by atoms with E-state index in [9.17, 15) is 9.90 Å². The van der Waals surface area contributed by atoms with Crippen molar-refractivity contribution in [3.05, 3.63) is 22.8 Å². The Labute approximate surface area is 136 Å². The van der Waals surface area contributed by atoms with Crippen LogP contribution in [-0.2, 0) is 14.3 Å². The number of carbonyl (C=O) groups excluding carboxylic acids is 1. The molecular formula is C17H32O4Si. The van der Waals surface area contributed by atoms with Gasteiger partial charge >= 0.3 is 5.97 Å². The molecule has 1 N–H and O–H groups in total. The zero-order chi connectivity index (χ0) is 17.3.